The van der Waals surface area contributed by atoms with Crippen molar-refractivity contribution in [3.63, 3.8) is 0 Å². The predicted octanol–water partition coefficient (Wildman–Crippen LogP) is 3.65. The Bertz CT molecular complexity index is 638. The minimum Gasteiger partial charge on any atom is -0.495 e. The lowest BCUT2D eigenvalue weighted by Crippen LogP contribution is -2.10. The molecule has 0 fully saturated rings. The van der Waals surface area contributed by atoms with E-state index in [4.69, 9.17) is 16.3 Å². The fraction of sp³-hybridized carbons (Fsp3) is 0.188. The third-order valence-corrected chi connectivity index (χ3v) is 3.35. The van der Waals surface area contributed by atoms with Crippen LogP contribution in [0.4, 0.5) is 5.69 Å². The van der Waals surface area contributed by atoms with Crippen LogP contribution in [0.3, 0.4) is 0 Å². The Labute approximate surface area is 123 Å². The predicted molar refractivity (Wildman–Crippen MR) is 82.2 cm³/mol. The van der Waals surface area contributed by atoms with Crippen molar-refractivity contribution in [2.75, 3.05) is 26.1 Å². The molecule has 0 unspecified atom stereocenters. The van der Waals surface area contributed by atoms with Gasteiger partial charge in [0.2, 0.25) is 0 Å². The van der Waals surface area contributed by atoms with Crippen LogP contribution < -0.4 is 9.64 Å². The summed E-state index contributed by atoms with van der Waals surface area (Å²) >= 11 is 5.97. The fourth-order valence-electron chi connectivity index (χ4n) is 1.89. The largest absolute Gasteiger partial charge is 0.495 e. The maximum Gasteiger partial charge on any atom is 0.193 e. The summed E-state index contributed by atoms with van der Waals surface area (Å²) in [6.45, 7) is 0. The highest BCUT2D eigenvalue weighted by molar-refractivity contribution is 6.32. The molecule has 3 nitrogen and oxygen atoms in total. The molecule has 0 saturated carbocycles. The number of hydrogen-bond acceptors (Lipinski definition) is 3. The van der Waals surface area contributed by atoms with Gasteiger partial charge in [-0.3, -0.25) is 4.79 Å². The molecule has 0 radical (unpaired) electrons. The van der Waals surface area contributed by atoms with Gasteiger partial charge >= 0.3 is 0 Å². The highest BCUT2D eigenvalue weighted by Crippen LogP contribution is 2.26. The highest BCUT2D eigenvalue weighted by atomic mass is 35.5. The number of nitrogens with zero attached hydrogens (tertiary/aromatic N) is 1. The van der Waals surface area contributed by atoms with Gasteiger partial charge in [0.25, 0.3) is 0 Å². The lowest BCUT2D eigenvalue weighted by Gasteiger charge is -2.13. The van der Waals surface area contributed by atoms with Crippen LogP contribution in [0.1, 0.15) is 15.9 Å². The Morgan fingerprint density at radius 3 is 2.45 bits per heavy atom. The van der Waals surface area contributed by atoms with E-state index in [-0.39, 0.29) is 5.78 Å². The smallest absolute Gasteiger partial charge is 0.193 e. The number of hydrogen-bond donors (Lipinski definition) is 0. The zero-order valence-electron chi connectivity index (χ0n) is 11.7. The Kier molecular flexibility index (Phi) is 4.30. The first kappa shape index (κ1) is 14.4. The summed E-state index contributed by atoms with van der Waals surface area (Å²) in [5.41, 5.74) is 2.18. The van der Waals surface area contributed by atoms with Crippen LogP contribution >= 0.6 is 11.6 Å². The minimum absolute atomic E-state index is 0.0522. The molecule has 0 aliphatic carbocycles. The second kappa shape index (κ2) is 5.97. The van der Waals surface area contributed by atoms with Crippen molar-refractivity contribution in [3.05, 3.63) is 58.6 Å². The second-order valence-corrected chi connectivity index (χ2v) is 5.03. The van der Waals surface area contributed by atoms with E-state index < -0.39 is 0 Å². The SMILES string of the molecule is COc1cc(C(=O)c2cccc(N(C)C)c2)ccc1Cl. The molecule has 0 aliphatic heterocycles. The van der Waals surface area contributed by atoms with Crippen LogP contribution in [-0.4, -0.2) is 27.0 Å². The van der Waals surface area contributed by atoms with Crippen molar-refractivity contribution in [3.8, 4) is 5.75 Å². The van der Waals surface area contributed by atoms with Crippen molar-refractivity contribution in [2.24, 2.45) is 0 Å². The Morgan fingerprint density at radius 2 is 1.80 bits per heavy atom. The number of rotatable bonds is 4. The molecular weight excluding hydrogens is 274 g/mol. The molecule has 0 atom stereocenters. The molecule has 2 aromatic carbocycles. The summed E-state index contributed by atoms with van der Waals surface area (Å²) in [5.74, 6) is 0.449. The van der Waals surface area contributed by atoms with Crippen LogP contribution in [0.15, 0.2) is 42.5 Å². The van der Waals surface area contributed by atoms with Crippen LogP contribution in [-0.2, 0) is 0 Å². The third-order valence-electron chi connectivity index (χ3n) is 3.04. The van der Waals surface area contributed by atoms with Crippen LogP contribution in [0.25, 0.3) is 0 Å². The fourth-order valence-corrected chi connectivity index (χ4v) is 2.09. The first-order valence-electron chi connectivity index (χ1n) is 6.18. The number of methoxy groups -OCH3 is 1. The summed E-state index contributed by atoms with van der Waals surface area (Å²) < 4.78 is 5.14. The molecule has 0 saturated heterocycles. The van der Waals surface area contributed by atoms with E-state index in [1.807, 2.05) is 37.2 Å². The molecule has 20 heavy (non-hydrogen) atoms. The number of halogens is 1. The monoisotopic (exact) mass is 289 g/mol. The molecule has 0 spiro atoms. The van der Waals surface area contributed by atoms with Gasteiger partial charge in [-0.2, -0.15) is 0 Å². The number of carbonyl (C=O) groups is 1. The van der Waals surface area contributed by atoms with E-state index in [0.29, 0.717) is 21.9 Å². The zero-order valence-corrected chi connectivity index (χ0v) is 12.4. The van der Waals surface area contributed by atoms with Gasteiger partial charge < -0.3 is 9.64 Å². The summed E-state index contributed by atoms with van der Waals surface area (Å²) in [7, 11) is 5.41. The summed E-state index contributed by atoms with van der Waals surface area (Å²) in [6, 6.07) is 12.5. The van der Waals surface area contributed by atoms with E-state index in [1.54, 1.807) is 24.3 Å². The summed E-state index contributed by atoms with van der Waals surface area (Å²) in [5, 5.41) is 0.492. The van der Waals surface area contributed by atoms with Crippen molar-refractivity contribution in [2.45, 2.75) is 0 Å². The standard InChI is InChI=1S/C16H16ClNO2/c1-18(2)13-6-4-5-11(9-13)16(19)12-7-8-14(17)15(10-12)20-3/h4-10H,1-3H3. The van der Waals surface area contributed by atoms with Crippen molar-refractivity contribution in [1.29, 1.82) is 0 Å². The molecule has 2 aromatic rings. The molecule has 4 heteroatoms. The lowest BCUT2D eigenvalue weighted by molar-refractivity contribution is 0.103. The number of ether oxygens (including phenoxy) is 1. The molecule has 0 amide bonds. The Hall–Kier alpha value is -2.00. The quantitative estimate of drug-likeness (QED) is 0.805. The minimum atomic E-state index is -0.0522. The lowest BCUT2D eigenvalue weighted by atomic mass is 10.0. The molecule has 104 valence electrons. The Balaban J connectivity index is 2.38. The molecular formula is C16H16ClNO2. The maximum atomic E-state index is 12.5. The third kappa shape index (κ3) is 2.94. The summed E-state index contributed by atoms with van der Waals surface area (Å²) in [4.78, 5) is 14.4. The number of anilines is 1. The molecule has 2 rings (SSSR count). The highest BCUT2D eigenvalue weighted by Gasteiger charge is 2.12. The molecule has 0 aliphatic rings. The van der Waals surface area contributed by atoms with Gasteiger partial charge in [-0.1, -0.05) is 23.7 Å². The number of carbonyl (C=O) groups excluding carboxylic acids is 1. The first-order valence-corrected chi connectivity index (χ1v) is 6.56. The molecule has 0 bridgehead atoms. The second-order valence-electron chi connectivity index (χ2n) is 4.62. The topological polar surface area (TPSA) is 29.5 Å². The maximum absolute atomic E-state index is 12.5. The van der Waals surface area contributed by atoms with Crippen LogP contribution in [0, 0.1) is 0 Å². The first-order chi connectivity index (χ1) is 9.52. The van der Waals surface area contributed by atoms with Crippen molar-refractivity contribution < 1.29 is 9.53 Å². The zero-order chi connectivity index (χ0) is 14.7. The normalized spacial score (nSPS) is 10.2. The van der Waals surface area contributed by atoms with Gasteiger partial charge in [0.05, 0.1) is 12.1 Å². The van der Waals surface area contributed by atoms with Crippen molar-refractivity contribution in [1.82, 2.24) is 0 Å². The van der Waals surface area contributed by atoms with E-state index in [1.165, 1.54) is 7.11 Å². The average Bonchev–Trinajstić information content (AvgIpc) is 2.47. The van der Waals surface area contributed by atoms with E-state index in [0.717, 1.165) is 5.69 Å². The van der Waals surface area contributed by atoms with Gasteiger partial charge in [0.15, 0.2) is 5.78 Å². The molecule has 0 heterocycles. The van der Waals surface area contributed by atoms with Crippen LogP contribution in [0.5, 0.6) is 5.75 Å². The Morgan fingerprint density at radius 1 is 1.10 bits per heavy atom. The average molecular weight is 290 g/mol. The van der Waals surface area contributed by atoms with Gasteiger partial charge in [-0.15, -0.1) is 0 Å². The van der Waals surface area contributed by atoms with Crippen molar-refractivity contribution >= 4 is 23.1 Å². The molecule has 0 N–H and O–H groups in total. The van der Waals surface area contributed by atoms with Gasteiger partial charge in [-0.05, 0) is 30.3 Å². The van der Waals surface area contributed by atoms with Crippen LogP contribution in [0.2, 0.25) is 5.02 Å². The van der Waals surface area contributed by atoms with E-state index in [9.17, 15) is 4.79 Å². The number of ketones is 1. The number of benzene rings is 2. The van der Waals surface area contributed by atoms with E-state index in [2.05, 4.69) is 0 Å². The van der Waals surface area contributed by atoms with E-state index >= 15 is 0 Å². The van der Waals surface area contributed by atoms with Gasteiger partial charge in [0.1, 0.15) is 5.75 Å². The molecule has 0 aromatic heterocycles. The van der Waals surface area contributed by atoms with Gasteiger partial charge in [-0.25, -0.2) is 0 Å². The summed E-state index contributed by atoms with van der Waals surface area (Å²) in [6.07, 6.45) is 0. The van der Waals surface area contributed by atoms with Gasteiger partial charge in [0, 0.05) is 30.9 Å².